The Balaban J connectivity index is 1.91. The summed E-state index contributed by atoms with van der Waals surface area (Å²) in [7, 11) is 0. The molecule has 2 aliphatic rings. The van der Waals surface area contributed by atoms with Gasteiger partial charge < -0.3 is 15.1 Å². The molecule has 3 rings (SSSR count). The van der Waals surface area contributed by atoms with E-state index in [1.165, 1.54) is 17.0 Å². The zero-order chi connectivity index (χ0) is 16.3. The lowest BCUT2D eigenvalue weighted by molar-refractivity contribution is -0.151. The van der Waals surface area contributed by atoms with Gasteiger partial charge in [0, 0.05) is 18.7 Å². The second kappa shape index (κ2) is 4.28. The maximum absolute atomic E-state index is 13.1. The van der Waals surface area contributed by atoms with Gasteiger partial charge in [-0.3, -0.25) is 14.4 Å². The standard InChI is InChI=1S/C15H14FNO5/c1-8-4-9(16)2-3-10(8)11(18)17-6-14(12(19)20)5-15(14,7-17)13(21)22/h2-4H,5-7H2,1H3,(H,19,20)(H,21,22)/t14-,15+. The molecule has 0 bridgehead atoms. The van der Waals surface area contributed by atoms with Crippen molar-refractivity contribution in [3.63, 3.8) is 0 Å². The van der Waals surface area contributed by atoms with Gasteiger partial charge in [-0.15, -0.1) is 0 Å². The minimum atomic E-state index is -1.40. The number of carboxylic acid groups (broad SMARTS) is 2. The van der Waals surface area contributed by atoms with Crippen LogP contribution in [0.3, 0.4) is 0 Å². The number of carboxylic acids is 2. The molecular weight excluding hydrogens is 293 g/mol. The van der Waals surface area contributed by atoms with Crippen LogP contribution < -0.4 is 0 Å². The third-order valence-corrected chi connectivity index (χ3v) is 4.84. The van der Waals surface area contributed by atoms with Gasteiger partial charge in [-0.1, -0.05) is 0 Å². The molecule has 1 aliphatic heterocycles. The summed E-state index contributed by atoms with van der Waals surface area (Å²) < 4.78 is 13.1. The predicted octanol–water partition coefficient (Wildman–Crippen LogP) is 1.14. The number of hydrogen-bond acceptors (Lipinski definition) is 3. The smallest absolute Gasteiger partial charge is 0.312 e. The summed E-state index contributed by atoms with van der Waals surface area (Å²) >= 11 is 0. The summed E-state index contributed by atoms with van der Waals surface area (Å²) in [5, 5.41) is 18.7. The van der Waals surface area contributed by atoms with E-state index in [0.29, 0.717) is 5.56 Å². The molecule has 1 aliphatic carbocycles. The van der Waals surface area contributed by atoms with Crippen LogP contribution in [0.2, 0.25) is 0 Å². The zero-order valence-electron chi connectivity index (χ0n) is 11.8. The summed E-state index contributed by atoms with van der Waals surface area (Å²) in [6.45, 7) is 1.31. The Labute approximate surface area is 125 Å². The summed E-state index contributed by atoms with van der Waals surface area (Å²) in [5.41, 5.74) is -2.12. The van der Waals surface area contributed by atoms with Gasteiger partial charge in [0.25, 0.3) is 5.91 Å². The molecule has 0 unspecified atom stereocenters. The third-order valence-electron chi connectivity index (χ3n) is 4.84. The molecule has 6 nitrogen and oxygen atoms in total. The van der Waals surface area contributed by atoms with Gasteiger partial charge in [-0.2, -0.15) is 0 Å². The van der Waals surface area contributed by atoms with Crippen LogP contribution in [0.1, 0.15) is 22.3 Å². The van der Waals surface area contributed by atoms with Gasteiger partial charge >= 0.3 is 11.9 Å². The Kier molecular flexibility index (Phi) is 2.82. The number of nitrogens with zero attached hydrogens (tertiary/aromatic N) is 1. The highest BCUT2D eigenvalue weighted by molar-refractivity contribution is 6.00. The highest BCUT2D eigenvalue weighted by atomic mass is 19.1. The van der Waals surface area contributed by atoms with Crippen LogP contribution in [0.15, 0.2) is 18.2 Å². The Hall–Kier alpha value is -2.44. The quantitative estimate of drug-likeness (QED) is 0.873. The second-order valence-corrected chi connectivity index (χ2v) is 6.07. The first-order chi connectivity index (χ1) is 10.2. The molecule has 0 spiro atoms. The Morgan fingerprint density at radius 2 is 1.68 bits per heavy atom. The minimum Gasteiger partial charge on any atom is -0.481 e. The van der Waals surface area contributed by atoms with Crippen molar-refractivity contribution in [2.75, 3.05) is 13.1 Å². The van der Waals surface area contributed by atoms with E-state index in [1.807, 2.05) is 0 Å². The van der Waals surface area contributed by atoms with Crippen molar-refractivity contribution in [3.8, 4) is 0 Å². The predicted molar refractivity (Wildman–Crippen MR) is 71.8 cm³/mol. The van der Waals surface area contributed by atoms with E-state index in [4.69, 9.17) is 0 Å². The van der Waals surface area contributed by atoms with Crippen molar-refractivity contribution in [1.82, 2.24) is 4.90 Å². The van der Waals surface area contributed by atoms with Crippen LogP contribution in [0.4, 0.5) is 4.39 Å². The number of rotatable bonds is 3. The lowest BCUT2D eigenvalue weighted by atomic mass is 9.97. The van der Waals surface area contributed by atoms with E-state index in [9.17, 15) is 29.0 Å². The van der Waals surface area contributed by atoms with E-state index in [-0.39, 0.29) is 25.1 Å². The fraction of sp³-hybridized carbons (Fsp3) is 0.400. The molecule has 1 heterocycles. The molecule has 2 atom stereocenters. The second-order valence-electron chi connectivity index (χ2n) is 6.07. The SMILES string of the molecule is Cc1cc(F)ccc1C(=O)N1C[C@@]2(C(=O)O)C[C@@]2(C(=O)O)C1. The number of carbonyl (C=O) groups is 3. The van der Waals surface area contributed by atoms with E-state index in [2.05, 4.69) is 0 Å². The number of carbonyl (C=O) groups excluding carboxylic acids is 1. The maximum Gasteiger partial charge on any atom is 0.312 e. The number of amides is 1. The summed E-state index contributed by atoms with van der Waals surface area (Å²) in [6, 6.07) is 3.69. The van der Waals surface area contributed by atoms with Crippen molar-refractivity contribution in [2.24, 2.45) is 10.8 Å². The number of likely N-dealkylation sites (tertiary alicyclic amines) is 1. The Bertz CT molecular complexity index is 690. The number of halogens is 1. The molecule has 1 aromatic carbocycles. The first-order valence-electron chi connectivity index (χ1n) is 6.76. The fourth-order valence-corrected chi connectivity index (χ4v) is 3.47. The molecule has 0 radical (unpaired) electrons. The fourth-order valence-electron chi connectivity index (χ4n) is 3.47. The Morgan fingerprint density at radius 1 is 1.14 bits per heavy atom. The topological polar surface area (TPSA) is 94.9 Å². The van der Waals surface area contributed by atoms with Crippen molar-refractivity contribution >= 4 is 17.8 Å². The number of benzene rings is 1. The summed E-state index contributed by atoms with van der Waals surface area (Å²) in [6.07, 6.45) is 0.0385. The molecule has 1 amide bonds. The highest BCUT2D eigenvalue weighted by Gasteiger charge is 2.81. The normalized spacial score (nSPS) is 29.1. The first kappa shape index (κ1) is 14.5. The molecule has 0 aromatic heterocycles. The van der Waals surface area contributed by atoms with Crippen LogP contribution in [0.5, 0.6) is 0 Å². The van der Waals surface area contributed by atoms with Crippen LogP contribution in [-0.4, -0.2) is 46.0 Å². The van der Waals surface area contributed by atoms with Crippen LogP contribution in [0.25, 0.3) is 0 Å². The molecule has 1 aromatic rings. The number of fused-ring (bicyclic) bond motifs is 1. The molecule has 1 saturated carbocycles. The molecule has 116 valence electrons. The average molecular weight is 307 g/mol. The largest absolute Gasteiger partial charge is 0.481 e. The molecule has 7 heteroatoms. The van der Waals surface area contributed by atoms with E-state index >= 15 is 0 Å². The van der Waals surface area contributed by atoms with Gasteiger partial charge in [0.1, 0.15) is 16.6 Å². The molecular formula is C15H14FNO5. The molecule has 2 fully saturated rings. The number of aliphatic carboxylic acids is 2. The Morgan fingerprint density at radius 3 is 2.14 bits per heavy atom. The molecule has 1 saturated heterocycles. The van der Waals surface area contributed by atoms with Gasteiger partial charge in [-0.05, 0) is 37.1 Å². The van der Waals surface area contributed by atoms with Gasteiger partial charge in [0.15, 0.2) is 0 Å². The minimum absolute atomic E-state index is 0.0385. The number of aryl methyl sites for hydroxylation is 1. The van der Waals surface area contributed by atoms with Crippen LogP contribution in [-0.2, 0) is 9.59 Å². The summed E-state index contributed by atoms with van der Waals surface area (Å²) in [4.78, 5) is 36.6. The van der Waals surface area contributed by atoms with Gasteiger partial charge in [-0.25, -0.2) is 4.39 Å². The van der Waals surface area contributed by atoms with Gasteiger partial charge in [0.2, 0.25) is 0 Å². The monoisotopic (exact) mass is 307 g/mol. The number of piperidine rings is 1. The summed E-state index contributed by atoms with van der Waals surface area (Å²) in [5.74, 6) is -3.32. The van der Waals surface area contributed by atoms with Gasteiger partial charge in [0.05, 0.1) is 0 Å². The van der Waals surface area contributed by atoms with Crippen molar-refractivity contribution < 1.29 is 29.0 Å². The van der Waals surface area contributed by atoms with E-state index < -0.39 is 34.5 Å². The maximum atomic E-state index is 13.1. The van der Waals surface area contributed by atoms with Crippen LogP contribution in [0, 0.1) is 23.6 Å². The first-order valence-corrected chi connectivity index (χ1v) is 6.76. The third kappa shape index (κ3) is 1.68. The van der Waals surface area contributed by atoms with Crippen LogP contribution >= 0.6 is 0 Å². The van der Waals surface area contributed by atoms with Crippen molar-refractivity contribution in [3.05, 3.63) is 35.1 Å². The number of hydrogen-bond donors (Lipinski definition) is 2. The van der Waals surface area contributed by atoms with E-state index in [1.54, 1.807) is 6.92 Å². The van der Waals surface area contributed by atoms with Crippen molar-refractivity contribution in [1.29, 1.82) is 0 Å². The molecule has 2 N–H and O–H groups in total. The van der Waals surface area contributed by atoms with E-state index in [0.717, 1.165) is 6.07 Å². The lowest BCUT2D eigenvalue weighted by Crippen LogP contribution is -2.34. The van der Waals surface area contributed by atoms with Crippen molar-refractivity contribution in [2.45, 2.75) is 13.3 Å². The average Bonchev–Trinajstić information content (AvgIpc) is 2.97. The zero-order valence-corrected chi connectivity index (χ0v) is 11.8. The molecule has 22 heavy (non-hydrogen) atoms. The highest BCUT2D eigenvalue weighted by Crippen LogP contribution is 2.68. The lowest BCUT2D eigenvalue weighted by Gasteiger charge is -2.21.